The number of nitrogens with zero attached hydrogens (tertiary/aromatic N) is 2. The molecule has 1 amide bonds. The molecule has 34 heavy (non-hydrogen) atoms. The molecule has 180 valence electrons. The minimum absolute atomic E-state index is 0.119. The fourth-order valence-electron chi connectivity index (χ4n) is 4.21. The first-order chi connectivity index (χ1) is 16.3. The Morgan fingerprint density at radius 1 is 1.29 bits per heavy atom. The van der Waals surface area contributed by atoms with E-state index in [1.807, 2.05) is 6.07 Å². The van der Waals surface area contributed by atoms with Crippen molar-refractivity contribution in [2.75, 3.05) is 33.3 Å². The zero-order valence-corrected chi connectivity index (χ0v) is 18.8. The van der Waals surface area contributed by atoms with Gasteiger partial charge in [0.1, 0.15) is 5.75 Å². The zero-order valence-electron chi connectivity index (χ0n) is 18.8. The number of hydrogen-bond donors (Lipinski definition) is 3. The van der Waals surface area contributed by atoms with Crippen molar-refractivity contribution in [1.82, 2.24) is 14.8 Å². The molecule has 1 aromatic heterocycles. The van der Waals surface area contributed by atoms with Crippen LogP contribution in [0.1, 0.15) is 23.6 Å². The predicted molar refractivity (Wildman–Crippen MR) is 123 cm³/mol. The second-order valence-corrected chi connectivity index (χ2v) is 8.50. The van der Waals surface area contributed by atoms with E-state index in [9.17, 15) is 19.5 Å². The van der Waals surface area contributed by atoms with Crippen molar-refractivity contribution in [2.24, 2.45) is 0 Å². The Labute approximate surface area is 195 Å². The van der Waals surface area contributed by atoms with E-state index < -0.39 is 24.4 Å². The van der Waals surface area contributed by atoms with Gasteiger partial charge in [-0.15, -0.1) is 0 Å². The van der Waals surface area contributed by atoms with E-state index in [2.05, 4.69) is 9.88 Å². The molecule has 0 spiro atoms. The maximum Gasteiger partial charge on any atom is 0.417 e. The summed E-state index contributed by atoms with van der Waals surface area (Å²) in [6.07, 6.45) is 0.402. The van der Waals surface area contributed by atoms with Crippen molar-refractivity contribution in [2.45, 2.75) is 25.0 Å². The van der Waals surface area contributed by atoms with Crippen LogP contribution >= 0.6 is 0 Å². The summed E-state index contributed by atoms with van der Waals surface area (Å²) in [5, 5.41) is 18.9. The molecule has 1 aliphatic rings. The maximum atomic E-state index is 13.3. The summed E-state index contributed by atoms with van der Waals surface area (Å²) in [5.41, 5.74) is 2.49. The molecule has 0 bridgehead atoms. The molecule has 2 atom stereocenters. The van der Waals surface area contributed by atoms with Gasteiger partial charge in [-0.2, -0.15) is 0 Å². The third-order valence-electron chi connectivity index (χ3n) is 5.98. The SMILES string of the molecule is CN(C(=O)Cc1ccc2oc(=O)[nH]c2c1)C(CN1CC[C@@H](O)C1)c1cccc(OCC(=O)O)c1. The lowest BCUT2D eigenvalue weighted by Crippen LogP contribution is -2.39. The lowest BCUT2D eigenvalue weighted by Gasteiger charge is -2.32. The first kappa shape index (κ1) is 23.5. The average Bonchev–Trinajstić information content (AvgIpc) is 3.39. The second-order valence-electron chi connectivity index (χ2n) is 8.50. The van der Waals surface area contributed by atoms with E-state index in [-0.39, 0.29) is 18.4 Å². The Kier molecular flexibility index (Phi) is 6.99. The normalized spacial score (nSPS) is 17.1. The first-order valence-electron chi connectivity index (χ1n) is 11.0. The molecule has 10 nitrogen and oxygen atoms in total. The standard InChI is InChI=1S/C24H27N3O7/c1-26(22(29)10-15-5-6-21-19(9-15)25-24(32)34-21)20(13-27-8-7-17(28)12-27)16-3-2-4-18(11-16)33-14-23(30)31/h2-6,9,11,17,20,28H,7-8,10,12-14H2,1H3,(H,25,32)(H,30,31)/t17-,20?/m1/s1. The van der Waals surface area contributed by atoms with Gasteiger partial charge < -0.3 is 24.3 Å². The van der Waals surface area contributed by atoms with E-state index in [1.165, 1.54) is 0 Å². The number of carbonyl (C=O) groups is 2. The number of oxazole rings is 1. The maximum absolute atomic E-state index is 13.3. The van der Waals surface area contributed by atoms with E-state index in [0.29, 0.717) is 36.4 Å². The highest BCUT2D eigenvalue weighted by Gasteiger charge is 2.28. The Hall–Kier alpha value is -3.63. The third kappa shape index (κ3) is 5.64. The molecule has 0 aliphatic carbocycles. The molecule has 1 saturated heterocycles. The molecule has 1 aliphatic heterocycles. The summed E-state index contributed by atoms with van der Waals surface area (Å²) in [7, 11) is 1.72. The molecule has 0 radical (unpaired) electrons. The molecular formula is C24H27N3O7. The van der Waals surface area contributed by atoms with Gasteiger partial charge in [-0.1, -0.05) is 18.2 Å². The van der Waals surface area contributed by atoms with Gasteiger partial charge in [0.2, 0.25) is 5.91 Å². The van der Waals surface area contributed by atoms with Gasteiger partial charge >= 0.3 is 11.7 Å². The number of carbonyl (C=O) groups excluding carboxylic acids is 1. The Morgan fingerprint density at radius 2 is 2.12 bits per heavy atom. The monoisotopic (exact) mass is 469 g/mol. The van der Waals surface area contributed by atoms with E-state index in [0.717, 1.165) is 17.7 Å². The molecule has 10 heteroatoms. The summed E-state index contributed by atoms with van der Waals surface area (Å²) in [5.74, 6) is -1.35. The van der Waals surface area contributed by atoms with Crippen LogP contribution in [0.3, 0.4) is 0 Å². The highest BCUT2D eigenvalue weighted by atomic mass is 16.5. The average molecular weight is 469 g/mol. The highest BCUT2D eigenvalue weighted by molar-refractivity contribution is 5.81. The van der Waals surface area contributed by atoms with Crippen LogP contribution in [0, 0.1) is 0 Å². The van der Waals surface area contributed by atoms with Crippen LogP contribution in [-0.2, 0) is 16.0 Å². The van der Waals surface area contributed by atoms with Crippen molar-refractivity contribution < 1.29 is 29.0 Å². The summed E-state index contributed by atoms with van der Waals surface area (Å²) in [4.78, 5) is 41.9. The largest absolute Gasteiger partial charge is 0.482 e. The fourth-order valence-corrected chi connectivity index (χ4v) is 4.21. The highest BCUT2D eigenvalue weighted by Crippen LogP contribution is 2.27. The molecular weight excluding hydrogens is 442 g/mol. The van der Waals surface area contributed by atoms with Crippen molar-refractivity contribution in [3.8, 4) is 5.75 Å². The summed E-state index contributed by atoms with van der Waals surface area (Å²) in [6, 6.07) is 11.8. The van der Waals surface area contributed by atoms with Crippen molar-refractivity contribution >= 4 is 23.0 Å². The molecule has 2 aromatic carbocycles. The Morgan fingerprint density at radius 3 is 2.85 bits per heavy atom. The van der Waals surface area contributed by atoms with Crippen molar-refractivity contribution in [3.05, 3.63) is 64.1 Å². The number of nitrogens with one attached hydrogen (secondary N) is 1. The molecule has 4 rings (SSSR count). The van der Waals surface area contributed by atoms with Gasteiger partial charge in [-0.3, -0.25) is 14.7 Å². The lowest BCUT2D eigenvalue weighted by molar-refractivity contribution is -0.139. The fraction of sp³-hybridized carbons (Fsp3) is 0.375. The predicted octanol–water partition coefficient (Wildman–Crippen LogP) is 1.39. The van der Waals surface area contributed by atoms with E-state index in [4.69, 9.17) is 14.3 Å². The number of aromatic nitrogens is 1. The summed E-state index contributed by atoms with van der Waals surface area (Å²) < 4.78 is 10.3. The number of β-amino-alcohol motifs (C(OH)–C–C–N with tert-alkyl or cyclic N) is 1. The summed E-state index contributed by atoms with van der Waals surface area (Å²) in [6.45, 7) is 1.30. The van der Waals surface area contributed by atoms with Gasteiger partial charge in [0.25, 0.3) is 0 Å². The van der Waals surface area contributed by atoms with Crippen LogP contribution in [0.4, 0.5) is 0 Å². The number of ether oxygens (including phenoxy) is 1. The number of aliphatic hydroxyl groups excluding tert-OH is 1. The number of benzene rings is 2. The second kappa shape index (κ2) is 10.1. The number of carboxylic acid groups (broad SMARTS) is 1. The number of H-pyrrole nitrogens is 1. The minimum atomic E-state index is -1.07. The third-order valence-corrected chi connectivity index (χ3v) is 5.98. The van der Waals surface area contributed by atoms with Gasteiger partial charge in [-0.05, 0) is 41.8 Å². The Bertz CT molecular complexity index is 1230. The van der Waals surface area contributed by atoms with Gasteiger partial charge in [0.15, 0.2) is 12.2 Å². The van der Waals surface area contributed by atoms with Crippen LogP contribution in [-0.4, -0.2) is 76.3 Å². The molecule has 1 fully saturated rings. The zero-order chi connectivity index (χ0) is 24.2. The topological polar surface area (TPSA) is 136 Å². The van der Waals surface area contributed by atoms with Crippen molar-refractivity contribution in [1.29, 1.82) is 0 Å². The number of likely N-dealkylation sites (N-methyl/N-ethyl adjacent to an activating group) is 1. The number of aromatic amines is 1. The first-order valence-corrected chi connectivity index (χ1v) is 11.0. The molecule has 2 heterocycles. The number of amides is 1. The molecule has 3 aromatic rings. The van der Waals surface area contributed by atoms with Crippen LogP contribution in [0.25, 0.3) is 11.1 Å². The quantitative estimate of drug-likeness (QED) is 0.428. The van der Waals surface area contributed by atoms with E-state index in [1.54, 1.807) is 48.3 Å². The minimum Gasteiger partial charge on any atom is -0.482 e. The lowest BCUT2D eigenvalue weighted by atomic mass is 10.0. The molecule has 3 N–H and O–H groups in total. The number of aliphatic carboxylic acids is 1. The van der Waals surface area contributed by atoms with Crippen molar-refractivity contribution in [3.63, 3.8) is 0 Å². The van der Waals surface area contributed by atoms with E-state index >= 15 is 0 Å². The van der Waals surface area contributed by atoms with Gasteiger partial charge in [-0.25, -0.2) is 9.59 Å². The van der Waals surface area contributed by atoms with Crippen LogP contribution in [0.15, 0.2) is 51.7 Å². The molecule has 1 unspecified atom stereocenters. The number of carboxylic acids is 1. The van der Waals surface area contributed by atoms with Crippen LogP contribution < -0.4 is 10.5 Å². The number of rotatable bonds is 9. The summed E-state index contributed by atoms with van der Waals surface area (Å²) >= 11 is 0. The number of likely N-dealkylation sites (tertiary alicyclic amines) is 1. The number of fused-ring (bicyclic) bond motifs is 1. The number of aliphatic hydroxyl groups is 1. The Balaban J connectivity index is 1.55. The van der Waals surface area contributed by atoms with Crippen LogP contribution in [0.5, 0.6) is 5.75 Å². The van der Waals surface area contributed by atoms with Gasteiger partial charge in [0.05, 0.1) is 24.1 Å². The smallest absolute Gasteiger partial charge is 0.417 e. The van der Waals surface area contributed by atoms with Gasteiger partial charge in [0, 0.05) is 26.7 Å². The number of hydrogen-bond acceptors (Lipinski definition) is 7. The van der Waals surface area contributed by atoms with Crippen LogP contribution in [0.2, 0.25) is 0 Å². The molecule has 0 saturated carbocycles.